The number of hydrogen-bond donors (Lipinski definition) is 0. The third kappa shape index (κ3) is 6.54. The van der Waals surface area contributed by atoms with Crippen LogP contribution in [0, 0.1) is 6.92 Å². The van der Waals surface area contributed by atoms with Gasteiger partial charge in [0.25, 0.3) is 0 Å². The molecule has 0 aliphatic rings. The Morgan fingerprint density at radius 2 is 1.60 bits per heavy atom. The summed E-state index contributed by atoms with van der Waals surface area (Å²) < 4.78 is 11.9. The van der Waals surface area contributed by atoms with Crippen molar-refractivity contribution in [3.8, 4) is 11.5 Å². The van der Waals surface area contributed by atoms with Gasteiger partial charge in [-0.1, -0.05) is 60.7 Å². The first-order chi connectivity index (χ1) is 12.3. The van der Waals surface area contributed by atoms with E-state index in [1.807, 2.05) is 0 Å². The molecule has 0 atom stereocenters. The molecule has 2 aromatic carbocycles. The molecule has 0 amide bonds. The van der Waals surface area contributed by atoms with E-state index in [-0.39, 0.29) is 0 Å². The Morgan fingerprint density at radius 1 is 0.840 bits per heavy atom. The number of ether oxygens (including phenoxy) is 2. The van der Waals surface area contributed by atoms with E-state index < -0.39 is 0 Å². The van der Waals surface area contributed by atoms with Gasteiger partial charge in [0.15, 0.2) is 0 Å². The second-order valence-corrected chi connectivity index (χ2v) is 7.37. The molecule has 0 N–H and O–H groups in total. The largest absolute Gasteiger partial charge is 0.494 e. The molecule has 0 unspecified atom stereocenters. The predicted molar refractivity (Wildman–Crippen MR) is 111 cm³/mol. The van der Waals surface area contributed by atoms with Crippen LogP contribution in [0.5, 0.6) is 11.5 Å². The van der Waals surface area contributed by atoms with Crippen LogP contribution in [-0.2, 0) is 0 Å². The van der Waals surface area contributed by atoms with Crippen molar-refractivity contribution in [3.63, 3.8) is 0 Å². The molecule has 0 bridgehead atoms. The number of benzene rings is 2. The Balaban J connectivity index is 1.91. The second-order valence-electron chi connectivity index (χ2n) is 6.58. The maximum Gasteiger partial charge on any atom is 0.122 e. The zero-order valence-electron chi connectivity index (χ0n) is 15.7. The number of aryl methyl sites for hydroxylation is 1. The van der Waals surface area contributed by atoms with E-state index in [1.165, 1.54) is 48.4 Å². The van der Waals surface area contributed by atoms with Gasteiger partial charge in [0.2, 0.25) is 0 Å². The zero-order chi connectivity index (χ0) is 17.9. The molecule has 2 nitrogen and oxygen atoms in total. The van der Waals surface area contributed by atoms with Gasteiger partial charge in [0.1, 0.15) is 11.5 Å². The van der Waals surface area contributed by atoms with Crippen molar-refractivity contribution < 1.29 is 9.47 Å². The average molecular weight is 407 g/mol. The van der Waals surface area contributed by atoms with Crippen molar-refractivity contribution in [3.05, 3.63) is 35.9 Å². The predicted octanol–water partition coefficient (Wildman–Crippen LogP) is 7.05. The highest BCUT2D eigenvalue weighted by molar-refractivity contribution is 9.09. The first-order valence-electron chi connectivity index (χ1n) is 9.61. The Morgan fingerprint density at radius 3 is 2.40 bits per heavy atom. The van der Waals surface area contributed by atoms with Crippen LogP contribution in [-0.4, -0.2) is 18.5 Å². The van der Waals surface area contributed by atoms with Crippen molar-refractivity contribution >= 4 is 26.7 Å². The van der Waals surface area contributed by atoms with E-state index in [0.717, 1.165) is 42.9 Å². The highest BCUT2D eigenvalue weighted by Crippen LogP contribution is 2.30. The summed E-state index contributed by atoms with van der Waals surface area (Å²) >= 11 is 3.47. The summed E-state index contributed by atoms with van der Waals surface area (Å²) in [5, 5.41) is 3.57. The minimum atomic E-state index is 0.797. The number of alkyl halides is 1. The zero-order valence-corrected chi connectivity index (χ0v) is 17.2. The van der Waals surface area contributed by atoms with Crippen LogP contribution >= 0.6 is 15.9 Å². The molecule has 138 valence electrons. The van der Waals surface area contributed by atoms with Gasteiger partial charge in [-0.3, -0.25) is 0 Å². The van der Waals surface area contributed by atoms with Crippen LogP contribution in [0.1, 0.15) is 57.4 Å². The highest BCUT2D eigenvalue weighted by atomic mass is 79.9. The highest BCUT2D eigenvalue weighted by Gasteiger charge is 2.06. The Kier molecular flexibility index (Phi) is 9.17. The topological polar surface area (TPSA) is 18.5 Å². The monoisotopic (exact) mass is 406 g/mol. The minimum Gasteiger partial charge on any atom is -0.494 e. The molecule has 0 aliphatic heterocycles. The molecule has 25 heavy (non-hydrogen) atoms. The van der Waals surface area contributed by atoms with Crippen LogP contribution in [0.25, 0.3) is 10.8 Å². The van der Waals surface area contributed by atoms with Crippen LogP contribution in [0.15, 0.2) is 30.3 Å². The van der Waals surface area contributed by atoms with E-state index in [9.17, 15) is 0 Å². The Bertz CT molecular complexity index is 639. The number of rotatable bonds is 12. The van der Waals surface area contributed by atoms with Crippen molar-refractivity contribution in [2.45, 2.75) is 58.8 Å². The average Bonchev–Trinajstić information content (AvgIpc) is 2.63. The third-order valence-corrected chi connectivity index (χ3v) is 5.07. The minimum absolute atomic E-state index is 0.797. The van der Waals surface area contributed by atoms with Crippen LogP contribution in [0.2, 0.25) is 0 Å². The molecule has 0 saturated carbocycles. The molecule has 0 heterocycles. The van der Waals surface area contributed by atoms with Gasteiger partial charge >= 0.3 is 0 Å². The molecule has 0 aromatic heterocycles. The van der Waals surface area contributed by atoms with Gasteiger partial charge < -0.3 is 9.47 Å². The lowest BCUT2D eigenvalue weighted by atomic mass is 10.0. The van der Waals surface area contributed by atoms with Gasteiger partial charge in [-0.05, 0) is 60.7 Å². The Hall–Kier alpha value is -1.22. The molecule has 0 fully saturated rings. The van der Waals surface area contributed by atoms with Gasteiger partial charge in [0.05, 0.1) is 13.2 Å². The molecular weight excluding hydrogens is 376 g/mol. The molecule has 0 spiro atoms. The maximum absolute atomic E-state index is 5.95. The number of hydrogen-bond acceptors (Lipinski definition) is 2. The molecular formula is C22H31BrO2. The molecule has 2 aromatic rings. The smallest absolute Gasteiger partial charge is 0.122 e. The van der Waals surface area contributed by atoms with E-state index in [0.29, 0.717) is 0 Å². The first-order valence-corrected chi connectivity index (χ1v) is 10.7. The van der Waals surface area contributed by atoms with E-state index >= 15 is 0 Å². The van der Waals surface area contributed by atoms with Crippen LogP contribution in [0.4, 0.5) is 0 Å². The summed E-state index contributed by atoms with van der Waals surface area (Å²) in [6.07, 6.45) is 8.44. The van der Waals surface area contributed by atoms with Gasteiger partial charge in [-0.25, -0.2) is 0 Å². The summed E-state index contributed by atoms with van der Waals surface area (Å²) in [5.41, 5.74) is 1.22. The molecule has 2 rings (SSSR count). The van der Waals surface area contributed by atoms with Gasteiger partial charge in [-0.2, -0.15) is 0 Å². The van der Waals surface area contributed by atoms with Gasteiger partial charge in [-0.15, -0.1) is 0 Å². The fraction of sp³-hybridized carbons (Fsp3) is 0.545. The van der Waals surface area contributed by atoms with Crippen molar-refractivity contribution in [1.82, 2.24) is 0 Å². The number of fused-ring (bicyclic) bond motifs is 1. The summed E-state index contributed by atoms with van der Waals surface area (Å²) in [6, 6.07) is 10.6. The molecule has 3 heteroatoms. The molecule has 0 saturated heterocycles. The summed E-state index contributed by atoms with van der Waals surface area (Å²) in [7, 11) is 0. The maximum atomic E-state index is 5.95. The quantitative estimate of drug-likeness (QED) is 0.277. The SMILES string of the molecule is CCCCCOc1ccc2cc(OCCCCCCBr)ccc2c1C. The van der Waals surface area contributed by atoms with Crippen LogP contribution in [0.3, 0.4) is 0 Å². The lowest BCUT2D eigenvalue weighted by molar-refractivity contribution is 0.304. The van der Waals surface area contributed by atoms with Crippen molar-refractivity contribution in [1.29, 1.82) is 0 Å². The fourth-order valence-electron chi connectivity index (χ4n) is 2.96. The molecule has 0 radical (unpaired) electrons. The Labute approximate surface area is 161 Å². The lowest BCUT2D eigenvalue weighted by Gasteiger charge is -2.13. The summed E-state index contributed by atoms with van der Waals surface area (Å²) in [4.78, 5) is 0. The lowest BCUT2D eigenvalue weighted by Crippen LogP contribution is -1.99. The third-order valence-electron chi connectivity index (χ3n) is 4.51. The molecule has 0 aliphatic carbocycles. The van der Waals surface area contributed by atoms with E-state index in [4.69, 9.17) is 9.47 Å². The number of unbranched alkanes of at least 4 members (excludes halogenated alkanes) is 5. The second kappa shape index (κ2) is 11.4. The fourth-order valence-corrected chi connectivity index (χ4v) is 3.36. The van der Waals surface area contributed by atoms with E-state index in [2.05, 4.69) is 60.1 Å². The van der Waals surface area contributed by atoms with E-state index in [1.54, 1.807) is 0 Å². The summed E-state index contributed by atoms with van der Waals surface area (Å²) in [5.74, 6) is 1.97. The first kappa shape index (κ1) is 20.1. The summed E-state index contributed by atoms with van der Waals surface area (Å²) in [6.45, 7) is 5.95. The van der Waals surface area contributed by atoms with Crippen molar-refractivity contribution in [2.75, 3.05) is 18.5 Å². The van der Waals surface area contributed by atoms with Crippen molar-refractivity contribution in [2.24, 2.45) is 0 Å². The standard InChI is InChI=1S/C22H31BrO2/c1-3-4-8-16-25-22-13-10-19-17-20(11-12-21(19)18(22)2)24-15-9-6-5-7-14-23/h10-13,17H,3-9,14-16H2,1-2H3. The normalized spacial score (nSPS) is 11.0. The van der Waals surface area contributed by atoms with Crippen LogP contribution < -0.4 is 9.47 Å². The number of halogens is 1. The van der Waals surface area contributed by atoms with Gasteiger partial charge in [0, 0.05) is 5.33 Å².